The van der Waals surface area contributed by atoms with Crippen molar-refractivity contribution in [2.24, 2.45) is 0 Å². The summed E-state index contributed by atoms with van der Waals surface area (Å²) in [5, 5.41) is 2.76. The van der Waals surface area contributed by atoms with Crippen molar-refractivity contribution in [1.82, 2.24) is 10.2 Å². The van der Waals surface area contributed by atoms with Gasteiger partial charge in [-0.1, -0.05) is 0 Å². The number of nitrogens with two attached hydrogens (primary N) is 1. The Morgan fingerprint density at radius 3 is 2.90 bits per heavy atom. The zero-order valence-electron chi connectivity index (χ0n) is 11.4. The van der Waals surface area contributed by atoms with E-state index < -0.39 is 5.82 Å². The average Bonchev–Trinajstić information content (AvgIpc) is 2.47. The number of nitrogens with zero attached hydrogens (tertiary/aromatic N) is 1. The summed E-state index contributed by atoms with van der Waals surface area (Å²) in [6.45, 7) is 4.88. The smallest absolute Gasteiger partial charge is 0.253 e. The average molecular weight is 281 g/mol. The van der Waals surface area contributed by atoms with Crippen LogP contribution in [0.1, 0.15) is 16.8 Å². The zero-order valence-corrected chi connectivity index (χ0v) is 11.4. The van der Waals surface area contributed by atoms with Crippen molar-refractivity contribution in [3.05, 3.63) is 29.6 Å². The van der Waals surface area contributed by atoms with Crippen LogP contribution in [0.5, 0.6) is 0 Å². The van der Waals surface area contributed by atoms with Crippen LogP contribution in [-0.2, 0) is 4.74 Å². The minimum Gasteiger partial charge on any atom is -0.398 e. The van der Waals surface area contributed by atoms with Gasteiger partial charge in [0, 0.05) is 25.3 Å². The van der Waals surface area contributed by atoms with Gasteiger partial charge in [-0.2, -0.15) is 0 Å². The van der Waals surface area contributed by atoms with Crippen molar-refractivity contribution in [2.45, 2.75) is 6.42 Å². The van der Waals surface area contributed by atoms with Crippen LogP contribution in [0.2, 0.25) is 0 Å². The van der Waals surface area contributed by atoms with E-state index in [-0.39, 0.29) is 17.2 Å². The molecular formula is C14H20FN3O2. The minimum absolute atomic E-state index is 0.191. The Balaban J connectivity index is 1.73. The fraction of sp³-hybridized carbons (Fsp3) is 0.500. The molecule has 0 radical (unpaired) electrons. The first kappa shape index (κ1) is 14.7. The quantitative estimate of drug-likeness (QED) is 0.620. The van der Waals surface area contributed by atoms with Crippen LogP contribution in [0, 0.1) is 5.82 Å². The van der Waals surface area contributed by atoms with Gasteiger partial charge in [0.2, 0.25) is 0 Å². The lowest BCUT2D eigenvalue weighted by atomic mass is 10.1. The largest absolute Gasteiger partial charge is 0.398 e. The van der Waals surface area contributed by atoms with Gasteiger partial charge in [-0.3, -0.25) is 9.69 Å². The van der Waals surface area contributed by atoms with E-state index in [1.165, 1.54) is 12.1 Å². The minimum atomic E-state index is -0.460. The number of amides is 1. The third-order valence-corrected chi connectivity index (χ3v) is 3.30. The zero-order chi connectivity index (χ0) is 14.4. The Bertz CT molecular complexity index is 462. The van der Waals surface area contributed by atoms with E-state index in [9.17, 15) is 9.18 Å². The lowest BCUT2D eigenvalue weighted by Crippen LogP contribution is -2.38. The van der Waals surface area contributed by atoms with Crippen molar-refractivity contribution in [3.63, 3.8) is 0 Å². The van der Waals surface area contributed by atoms with Gasteiger partial charge in [-0.05, 0) is 31.2 Å². The van der Waals surface area contributed by atoms with Gasteiger partial charge >= 0.3 is 0 Å². The van der Waals surface area contributed by atoms with Crippen molar-refractivity contribution in [1.29, 1.82) is 0 Å². The number of ether oxygens (including phenoxy) is 1. The number of hydrogen-bond acceptors (Lipinski definition) is 4. The van der Waals surface area contributed by atoms with Crippen LogP contribution in [0.3, 0.4) is 0 Å². The van der Waals surface area contributed by atoms with E-state index in [4.69, 9.17) is 10.5 Å². The third-order valence-electron chi connectivity index (χ3n) is 3.30. The number of rotatable bonds is 5. The summed E-state index contributed by atoms with van der Waals surface area (Å²) in [4.78, 5) is 14.2. The predicted molar refractivity (Wildman–Crippen MR) is 75.0 cm³/mol. The molecule has 0 aromatic heterocycles. The van der Waals surface area contributed by atoms with Crippen LogP contribution in [-0.4, -0.2) is 50.2 Å². The van der Waals surface area contributed by atoms with E-state index >= 15 is 0 Å². The first-order valence-electron chi connectivity index (χ1n) is 6.80. The lowest BCUT2D eigenvalue weighted by molar-refractivity contribution is 0.0374. The maximum Gasteiger partial charge on any atom is 0.253 e. The molecule has 0 saturated carbocycles. The van der Waals surface area contributed by atoms with Crippen LogP contribution in [0.25, 0.3) is 0 Å². The van der Waals surface area contributed by atoms with Crippen molar-refractivity contribution >= 4 is 11.6 Å². The molecule has 1 aromatic rings. The SMILES string of the molecule is Nc1ccc(F)cc1C(=O)NCCCN1CCOCC1. The summed E-state index contributed by atoms with van der Waals surface area (Å²) in [5.74, 6) is -0.790. The summed E-state index contributed by atoms with van der Waals surface area (Å²) < 4.78 is 18.4. The molecule has 110 valence electrons. The van der Waals surface area contributed by atoms with E-state index in [0.717, 1.165) is 45.3 Å². The fourth-order valence-corrected chi connectivity index (χ4v) is 2.15. The summed E-state index contributed by atoms with van der Waals surface area (Å²) in [6, 6.07) is 3.80. The summed E-state index contributed by atoms with van der Waals surface area (Å²) in [5.41, 5.74) is 6.14. The molecular weight excluding hydrogens is 261 g/mol. The molecule has 0 atom stereocenters. The van der Waals surface area contributed by atoms with E-state index in [1.54, 1.807) is 0 Å². The normalized spacial score (nSPS) is 16.1. The summed E-state index contributed by atoms with van der Waals surface area (Å²) in [6.07, 6.45) is 0.848. The van der Waals surface area contributed by atoms with Gasteiger partial charge in [-0.15, -0.1) is 0 Å². The van der Waals surface area contributed by atoms with E-state index in [0.29, 0.717) is 6.54 Å². The molecule has 1 heterocycles. The second-order valence-corrected chi connectivity index (χ2v) is 4.80. The molecule has 5 nitrogen and oxygen atoms in total. The van der Waals surface area contributed by atoms with Gasteiger partial charge < -0.3 is 15.8 Å². The topological polar surface area (TPSA) is 67.6 Å². The molecule has 1 aromatic carbocycles. The highest BCUT2D eigenvalue weighted by Gasteiger charge is 2.12. The fourth-order valence-electron chi connectivity index (χ4n) is 2.15. The molecule has 6 heteroatoms. The van der Waals surface area contributed by atoms with E-state index in [2.05, 4.69) is 10.2 Å². The molecule has 3 N–H and O–H groups in total. The Hall–Kier alpha value is -1.66. The number of morpholine rings is 1. The van der Waals surface area contributed by atoms with Gasteiger partial charge in [0.25, 0.3) is 5.91 Å². The van der Waals surface area contributed by atoms with Gasteiger partial charge in [-0.25, -0.2) is 4.39 Å². The molecule has 2 rings (SSSR count). The van der Waals surface area contributed by atoms with Gasteiger partial charge in [0.05, 0.1) is 18.8 Å². The van der Waals surface area contributed by atoms with Gasteiger partial charge in [0.15, 0.2) is 0 Å². The maximum atomic E-state index is 13.1. The third kappa shape index (κ3) is 4.18. The number of hydrogen-bond donors (Lipinski definition) is 2. The molecule has 0 spiro atoms. The lowest BCUT2D eigenvalue weighted by Gasteiger charge is -2.26. The highest BCUT2D eigenvalue weighted by molar-refractivity contribution is 5.99. The second kappa shape index (κ2) is 7.21. The number of benzene rings is 1. The highest BCUT2D eigenvalue weighted by atomic mass is 19.1. The van der Waals surface area contributed by atoms with Crippen LogP contribution >= 0.6 is 0 Å². The number of anilines is 1. The monoisotopic (exact) mass is 281 g/mol. The Labute approximate surface area is 117 Å². The van der Waals surface area contributed by atoms with Crippen LogP contribution < -0.4 is 11.1 Å². The molecule has 1 fully saturated rings. The first-order valence-corrected chi connectivity index (χ1v) is 6.80. The Kier molecular flexibility index (Phi) is 5.31. The number of carbonyl (C=O) groups is 1. The molecule has 0 unspecified atom stereocenters. The van der Waals surface area contributed by atoms with Gasteiger partial charge in [0.1, 0.15) is 5.82 Å². The second-order valence-electron chi connectivity index (χ2n) is 4.80. The Morgan fingerprint density at radius 1 is 1.40 bits per heavy atom. The first-order chi connectivity index (χ1) is 9.66. The number of carbonyl (C=O) groups excluding carboxylic acids is 1. The molecule has 1 aliphatic heterocycles. The number of halogens is 1. The predicted octanol–water partition coefficient (Wildman–Crippen LogP) is 0.860. The standard InChI is InChI=1S/C14H20FN3O2/c15-11-2-3-13(16)12(10-11)14(19)17-4-1-5-18-6-8-20-9-7-18/h2-3,10H,1,4-9,16H2,(H,17,19). The molecule has 1 saturated heterocycles. The van der Waals surface area contributed by atoms with Crippen molar-refractivity contribution in [2.75, 3.05) is 45.1 Å². The summed E-state index contributed by atoms with van der Waals surface area (Å²) >= 11 is 0. The Morgan fingerprint density at radius 2 is 2.15 bits per heavy atom. The number of nitrogens with one attached hydrogen (secondary N) is 1. The van der Waals surface area contributed by atoms with Crippen molar-refractivity contribution < 1.29 is 13.9 Å². The molecule has 0 bridgehead atoms. The van der Waals surface area contributed by atoms with Crippen molar-refractivity contribution in [3.8, 4) is 0 Å². The maximum absolute atomic E-state index is 13.1. The molecule has 20 heavy (non-hydrogen) atoms. The highest BCUT2D eigenvalue weighted by Crippen LogP contribution is 2.12. The van der Waals surface area contributed by atoms with Crippen LogP contribution in [0.15, 0.2) is 18.2 Å². The molecule has 1 aliphatic rings. The van der Waals surface area contributed by atoms with E-state index in [1.807, 2.05) is 0 Å². The number of nitrogen functional groups attached to an aromatic ring is 1. The molecule has 1 amide bonds. The van der Waals surface area contributed by atoms with Crippen LogP contribution in [0.4, 0.5) is 10.1 Å². The summed E-state index contributed by atoms with van der Waals surface area (Å²) in [7, 11) is 0. The molecule has 0 aliphatic carbocycles.